The number of anilines is 1. The van der Waals surface area contributed by atoms with Gasteiger partial charge in [-0.3, -0.25) is 0 Å². The van der Waals surface area contributed by atoms with E-state index in [0.29, 0.717) is 0 Å². The lowest BCUT2D eigenvalue weighted by Crippen LogP contribution is -2.01. The van der Waals surface area contributed by atoms with Crippen molar-refractivity contribution in [1.82, 2.24) is 0 Å². The third kappa shape index (κ3) is 5.14. The Morgan fingerprint density at radius 3 is 2.43 bits per heavy atom. The molecule has 112 valence electrons. The van der Waals surface area contributed by atoms with Gasteiger partial charge in [-0.2, -0.15) is 0 Å². The molecule has 2 aromatic rings. The molecule has 1 N–H and O–H groups in total. The normalized spacial score (nSPS) is 10.4. The second kappa shape index (κ2) is 8.35. The number of hydrogen-bond acceptors (Lipinski definition) is 2. The number of unbranched alkanes of at least 4 members (excludes halogenated alkanes) is 2. The predicted molar refractivity (Wildman–Crippen MR) is 90.0 cm³/mol. The van der Waals surface area contributed by atoms with Crippen LogP contribution in [0.4, 0.5) is 5.69 Å². The lowest BCUT2D eigenvalue weighted by atomic mass is 10.1. The van der Waals surface area contributed by atoms with Gasteiger partial charge in [0.1, 0.15) is 5.75 Å². The fourth-order valence-corrected chi connectivity index (χ4v) is 2.22. The molecule has 0 radical (unpaired) electrons. The van der Waals surface area contributed by atoms with Crippen LogP contribution in [-0.2, 0) is 6.54 Å². The van der Waals surface area contributed by atoms with Crippen molar-refractivity contribution in [2.45, 2.75) is 39.7 Å². The Bertz CT molecular complexity index is 534. The molecule has 0 fully saturated rings. The van der Waals surface area contributed by atoms with Crippen molar-refractivity contribution >= 4 is 5.69 Å². The molecular weight excluding hydrogens is 258 g/mol. The van der Waals surface area contributed by atoms with Crippen molar-refractivity contribution in [1.29, 1.82) is 0 Å². The van der Waals surface area contributed by atoms with E-state index in [9.17, 15) is 0 Å². The highest BCUT2D eigenvalue weighted by Gasteiger charge is 1.98. The van der Waals surface area contributed by atoms with Crippen LogP contribution in [0.5, 0.6) is 5.75 Å². The second-order valence-corrected chi connectivity index (χ2v) is 5.36. The van der Waals surface area contributed by atoms with Gasteiger partial charge < -0.3 is 10.1 Å². The van der Waals surface area contributed by atoms with Gasteiger partial charge >= 0.3 is 0 Å². The Hall–Kier alpha value is -1.96. The minimum absolute atomic E-state index is 0.809. The summed E-state index contributed by atoms with van der Waals surface area (Å²) in [6.07, 6.45) is 3.59. The third-order valence-electron chi connectivity index (χ3n) is 3.62. The van der Waals surface area contributed by atoms with Crippen LogP contribution in [0.25, 0.3) is 0 Å². The molecule has 0 heterocycles. The highest BCUT2D eigenvalue weighted by Crippen LogP contribution is 2.17. The maximum Gasteiger partial charge on any atom is 0.119 e. The number of hydrogen-bond donors (Lipinski definition) is 1. The van der Waals surface area contributed by atoms with E-state index in [1.165, 1.54) is 24.0 Å². The Kier molecular flexibility index (Phi) is 6.14. The smallest absolute Gasteiger partial charge is 0.119 e. The molecule has 0 aliphatic rings. The number of aryl methyl sites for hydroxylation is 1. The monoisotopic (exact) mass is 283 g/mol. The van der Waals surface area contributed by atoms with E-state index in [-0.39, 0.29) is 0 Å². The zero-order valence-electron chi connectivity index (χ0n) is 13.1. The summed E-state index contributed by atoms with van der Waals surface area (Å²) in [5.74, 6) is 0.951. The number of benzene rings is 2. The Morgan fingerprint density at radius 2 is 1.71 bits per heavy atom. The molecule has 0 saturated carbocycles. The summed E-state index contributed by atoms with van der Waals surface area (Å²) in [5, 5.41) is 3.45. The van der Waals surface area contributed by atoms with Gasteiger partial charge in [-0.15, -0.1) is 0 Å². The van der Waals surface area contributed by atoms with Gasteiger partial charge in [0.05, 0.1) is 6.61 Å². The first-order chi connectivity index (χ1) is 10.3. The van der Waals surface area contributed by atoms with Crippen LogP contribution in [0.1, 0.15) is 37.3 Å². The first-order valence-electron chi connectivity index (χ1n) is 7.81. The predicted octanol–water partition coefficient (Wildman–Crippen LogP) is 5.18. The third-order valence-corrected chi connectivity index (χ3v) is 3.62. The molecule has 2 heteroatoms. The second-order valence-electron chi connectivity index (χ2n) is 5.36. The maximum absolute atomic E-state index is 5.72. The summed E-state index contributed by atoms with van der Waals surface area (Å²) in [6, 6.07) is 16.7. The Labute approximate surface area is 128 Å². The quantitative estimate of drug-likeness (QED) is 0.674. The molecule has 0 aliphatic heterocycles. The SMILES string of the molecule is CCCCCOc1ccc(NCc2ccccc2C)cc1. The van der Waals surface area contributed by atoms with Crippen molar-refractivity contribution in [3.8, 4) is 5.75 Å². The van der Waals surface area contributed by atoms with E-state index < -0.39 is 0 Å². The summed E-state index contributed by atoms with van der Waals surface area (Å²) in [4.78, 5) is 0. The van der Waals surface area contributed by atoms with E-state index in [4.69, 9.17) is 4.74 Å². The molecule has 2 rings (SSSR count). The molecule has 0 spiro atoms. The minimum atomic E-state index is 0.809. The summed E-state index contributed by atoms with van der Waals surface area (Å²) >= 11 is 0. The molecule has 0 bridgehead atoms. The standard InChI is InChI=1S/C19H25NO/c1-3-4-7-14-21-19-12-10-18(11-13-19)20-15-17-9-6-5-8-16(17)2/h5-6,8-13,20H,3-4,7,14-15H2,1-2H3. The van der Waals surface area contributed by atoms with Crippen LogP contribution in [0.15, 0.2) is 48.5 Å². The van der Waals surface area contributed by atoms with Gasteiger partial charge in [0.15, 0.2) is 0 Å². The number of nitrogens with one attached hydrogen (secondary N) is 1. The van der Waals surface area contributed by atoms with Crippen LogP contribution in [0.2, 0.25) is 0 Å². The largest absolute Gasteiger partial charge is 0.494 e. The first-order valence-corrected chi connectivity index (χ1v) is 7.81. The average Bonchev–Trinajstić information content (AvgIpc) is 2.52. The molecule has 0 saturated heterocycles. The fraction of sp³-hybridized carbons (Fsp3) is 0.368. The summed E-state index contributed by atoms with van der Waals surface area (Å²) < 4.78 is 5.72. The van der Waals surface area contributed by atoms with Gasteiger partial charge in [0.2, 0.25) is 0 Å². The Morgan fingerprint density at radius 1 is 0.952 bits per heavy atom. The van der Waals surface area contributed by atoms with E-state index in [1.807, 2.05) is 12.1 Å². The van der Waals surface area contributed by atoms with Gasteiger partial charge in [0, 0.05) is 12.2 Å². The zero-order chi connectivity index (χ0) is 14.9. The molecule has 21 heavy (non-hydrogen) atoms. The van der Waals surface area contributed by atoms with Crippen molar-refractivity contribution < 1.29 is 4.74 Å². The molecular formula is C19H25NO. The lowest BCUT2D eigenvalue weighted by molar-refractivity contribution is 0.306. The molecule has 0 amide bonds. The molecule has 2 nitrogen and oxygen atoms in total. The van der Waals surface area contributed by atoms with Crippen molar-refractivity contribution in [2.75, 3.05) is 11.9 Å². The summed E-state index contributed by atoms with van der Waals surface area (Å²) in [7, 11) is 0. The van der Waals surface area contributed by atoms with Crippen LogP contribution >= 0.6 is 0 Å². The zero-order valence-corrected chi connectivity index (χ0v) is 13.1. The number of ether oxygens (including phenoxy) is 1. The summed E-state index contributed by atoms with van der Waals surface area (Å²) in [6.45, 7) is 6.01. The Balaban J connectivity index is 1.81. The maximum atomic E-state index is 5.72. The molecule has 2 aromatic carbocycles. The van der Waals surface area contributed by atoms with Crippen molar-refractivity contribution in [3.05, 3.63) is 59.7 Å². The minimum Gasteiger partial charge on any atom is -0.494 e. The van der Waals surface area contributed by atoms with E-state index in [2.05, 4.69) is 55.6 Å². The highest BCUT2D eigenvalue weighted by molar-refractivity contribution is 5.47. The average molecular weight is 283 g/mol. The summed E-state index contributed by atoms with van der Waals surface area (Å²) in [5.41, 5.74) is 3.78. The highest BCUT2D eigenvalue weighted by atomic mass is 16.5. The topological polar surface area (TPSA) is 21.3 Å². The van der Waals surface area contributed by atoms with Crippen molar-refractivity contribution in [3.63, 3.8) is 0 Å². The van der Waals surface area contributed by atoms with E-state index in [0.717, 1.165) is 31.0 Å². The van der Waals surface area contributed by atoms with Crippen LogP contribution in [0, 0.1) is 6.92 Å². The van der Waals surface area contributed by atoms with Gasteiger partial charge in [-0.1, -0.05) is 44.0 Å². The van der Waals surface area contributed by atoms with E-state index >= 15 is 0 Å². The van der Waals surface area contributed by atoms with Gasteiger partial charge in [-0.25, -0.2) is 0 Å². The molecule has 0 aliphatic carbocycles. The van der Waals surface area contributed by atoms with E-state index in [1.54, 1.807) is 0 Å². The van der Waals surface area contributed by atoms with Crippen LogP contribution < -0.4 is 10.1 Å². The van der Waals surface area contributed by atoms with Crippen LogP contribution in [-0.4, -0.2) is 6.61 Å². The van der Waals surface area contributed by atoms with Crippen LogP contribution in [0.3, 0.4) is 0 Å². The number of rotatable bonds is 8. The lowest BCUT2D eigenvalue weighted by Gasteiger charge is -2.10. The first kappa shape index (κ1) is 15.4. The fourth-order valence-electron chi connectivity index (χ4n) is 2.22. The molecule has 0 unspecified atom stereocenters. The van der Waals surface area contributed by atoms with Crippen molar-refractivity contribution in [2.24, 2.45) is 0 Å². The molecule has 0 atom stereocenters. The van der Waals surface area contributed by atoms with Gasteiger partial charge in [-0.05, 0) is 48.7 Å². The van der Waals surface area contributed by atoms with Gasteiger partial charge in [0.25, 0.3) is 0 Å². The molecule has 0 aromatic heterocycles.